The van der Waals surface area contributed by atoms with Crippen molar-refractivity contribution in [2.75, 3.05) is 0 Å². The normalized spacial score (nSPS) is 10.4. The molecule has 0 fully saturated rings. The minimum Gasteiger partial charge on any atom is -0.491 e. The number of ether oxygens (including phenoxy) is 1. The lowest BCUT2D eigenvalue weighted by molar-refractivity contribution is -0.136. The second kappa shape index (κ2) is 4.77. The molecule has 0 bridgehead atoms. The van der Waals surface area contributed by atoms with Crippen LogP contribution in [0.25, 0.3) is 0 Å². The molecule has 0 aliphatic carbocycles. The molecule has 0 heterocycles. The van der Waals surface area contributed by atoms with Crippen molar-refractivity contribution in [3.05, 3.63) is 29.6 Å². The minimum atomic E-state index is -1.06. The summed E-state index contributed by atoms with van der Waals surface area (Å²) in [6, 6.07) is 4.13. The zero-order valence-corrected chi connectivity index (χ0v) is 8.66. The molecule has 0 atom stereocenters. The number of halogens is 1. The van der Waals surface area contributed by atoms with Crippen LogP contribution in [0.15, 0.2) is 18.2 Å². The molecule has 0 saturated heterocycles. The maximum atomic E-state index is 13.1. The first kappa shape index (κ1) is 11.5. The van der Waals surface area contributed by atoms with Crippen LogP contribution in [0.4, 0.5) is 4.39 Å². The number of aliphatic carboxylic acids is 1. The molecule has 0 aliphatic heterocycles. The molecule has 1 aromatic carbocycles. The van der Waals surface area contributed by atoms with Crippen LogP contribution in [0, 0.1) is 5.82 Å². The van der Waals surface area contributed by atoms with Gasteiger partial charge in [0.1, 0.15) is 11.6 Å². The van der Waals surface area contributed by atoms with Gasteiger partial charge in [-0.2, -0.15) is 0 Å². The molecule has 0 unspecified atom stereocenters. The summed E-state index contributed by atoms with van der Waals surface area (Å²) in [6.07, 6.45) is -0.352. The molecule has 1 rings (SSSR count). The maximum Gasteiger partial charge on any atom is 0.307 e. The molecule has 0 spiro atoms. The zero-order valence-electron chi connectivity index (χ0n) is 8.66. The smallest absolute Gasteiger partial charge is 0.307 e. The molecule has 0 amide bonds. The van der Waals surface area contributed by atoms with Gasteiger partial charge in [0, 0.05) is 5.56 Å². The first-order chi connectivity index (χ1) is 6.99. The van der Waals surface area contributed by atoms with Crippen LogP contribution in [-0.2, 0) is 11.2 Å². The third-order valence-corrected chi connectivity index (χ3v) is 1.73. The van der Waals surface area contributed by atoms with Crippen LogP contribution in [0.3, 0.4) is 0 Å². The zero-order chi connectivity index (χ0) is 11.4. The van der Waals surface area contributed by atoms with Gasteiger partial charge in [-0.3, -0.25) is 4.79 Å². The Morgan fingerprint density at radius 1 is 1.53 bits per heavy atom. The van der Waals surface area contributed by atoms with Gasteiger partial charge in [-0.1, -0.05) is 0 Å². The van der Waals surface area contributed by atoms with Gasteiger partial charge >= 0.3 is 5.97 Å². The Morgan fingerprint density at radius 2 is 2.20 bits per heavy atom. The van der Waals surface area contributed by atoms with Crippen LogP contribution in [0.2, 0.25) is 0 Å². The van der Waals surface area contributed by atoms with Crippen molar-refractivity contribution in [1.29, 1.82) is 0 Å². The standard InChI is InChI=1S/C11H13FO3/c1-7(2)15-9-3-4-10(12)8(5-9)6-11(13)14/h3-5,7H,6H2,1-2H3,(H,13,14). The van der Waals surface area contributed by atoms with E-state index in [0.29, 0.717) is 5.75 Å². The molecule has 0 aromatic heterocycles. The molecule has 1 N–H and O–H groups in total. The monoisotopic (exact) mass is 212 g/mol. The average Bonchev–Trinajstić information content (AvgIpc) is 2.09. The Morgan fingerprint density at radius 3 is 2.73 bits per heavy atom. The highest BCUT2D eigenvalue weighted by Crippen LogP contribution is 2.18. The molecule has 1 aromatic rings. The van der Waals surface area contributed by atoms with Crippen molar-refractivity contribution in [3.63, 3.8) is 0 Å². The van der Waals surface area contributed by atoms with Gasteiger partial charge in [-0.25, -0.2) is 4.39 Å². The third kappa shape index (κ3) is 3.58. The fraction of sp³-hybridized carbons (Fsp3) is 0.364. The SMILES string of the molecule is CC(C)Oc1ccc(F)c(CC(=O)O)c1. The van der Waals surface area contributed by atoms with Gasteiger partial charge in [0.2, 0.25) is 0 Å². The Bertz CT molecular complexity index is 361. The molecule has 0 radical (unpaired) electrons. The van der Waals surface area contributed by atoms with E-state index in [0.717, 1.165) is 0 Å². The van der Waals surface area contributed by atoms with Crippen LogP contribution >= 0.6 is 0 Å². The lowest BCUT2D eigenvalue weighted by Crippen LogP contribution is -2.07. The summed E-state index contributed by atoms with van der Waals surface area (Å²) in [4.78, 5) is 10.4. The molecule has 0 saturated carbocycles. The number of rotatable bonds is 4. The predicted octanol–water partition coefficient (Wildman–Crippen LogP) is 2.24. The second-order valence-corrected chi connectivity index (χ2v) is 3.49. The number of hydrogen-bond acceptors (Lipinski definition) is 2. The summed E-state index contributed by atoms with van der Waals surface area (Å²) < 4.78 is 18.5. The highest BCUT2D eigenvalue weighted by Gasteiger charge is 2.08. The summed E-state index contributed by atoms with van der Waals surface area (Å²) in [5, 5.41) is 8.56. The molecular weight excluding hydrogens is 199 g/mol. The van der Waals surface area contributed by atoms with Gasteiger partial charge in [0.15, 0.2) is 0 Å². The van der Waals surface area contributed by atoms with E-state index in [1.165, 1.54) is 18.2 Å². The van der Waals surface area contributed by atoms with Crippen LogP contribution in [0.1, 0.15) is 19.4 Å². The van der Waals surface area contributed by atoms with E-state index >= 15 is 0 Å². The molecule has 0 aliphatic rings. The first-order valence-corrected chi connectivity index (χ1v) is 4.66. The van der Waals surface area contributed by atoms with E-state index in [9.17, 15) is 9.18 Å². The van der Waals surface area contributed by atoms with E-state index in [1.54, 1.807) is 0 Å². The van der Waals surface area contributed by atoms with Crippen LogP contribution in [-0.4, -0.2) is 17.2 Å². The third-order valence-electron chi connectivity index (χ3n) is 1.73. The highest BCUT2D eigenvalue weighted by atomic mass is 19.1. The van der Waals surface area contributed by atoms with Crippen molar-refractivity contribution in [2.24, 2.45) is 0 Å². The van der Waals surface area contributed by atoms with Gasteiger partial charge < -0.3 is 9.84 Å². The van der Waals surface area contributed by atoms with Gasteiger partial charge in [0.05, 0.1) is 12.5 Å². The Balaban J connectivity index is 2.89. The van der Waals surface area contributed by atoms with Crippen molar-refractivity contribution in [2.45, 2.75) is 26.4 Å². The van der Waals surface area contributed by atoms with Gasteiger partial charge in [-0.15, -0.1) is 0 Å². The highest BCUT2D eigenvalue weighted by molar-refractivity contribution is 5.70. The van der Waals surface area contributed by atoms with Crippen molar-refractivity contribution >= 4 is 5.97 Å². The number of carboxylic acids is 1. The van der Waals surface area contributed by atoms with E-state index in [1.807, 2.05) is 13.8 Å². The largest absolute Gasteiger partial charge is 0.491 e. The Hall–Kier alpha value is -1.58. The van der Waals surface area contributed by atoms with Crippen molar-refractivity contribution in [3.8, 4) is 5.75 Å². The van der Waals surface area contributed by atoms with Crippen molar-refractivity contribution in [1.82, 2.24) is 0 Å². The summed E-state index contributed by atoms with van der Waals surface area (Å²) >= 11 is 0. The number of carbonyl (C=O) groups is 1. The number of benzene rings is 1. The fourth-order valence-electron chi connectivity index (χ4n) is 1.19. The summed E-state index contributed by atoms with van der Waals surface area (Å²) in [6.45, 7) is 3.69. The Labute approximate surface area is 87.5 Å². The van der Waals surface area contributed by atoms with Gasteiger partial charge in [-0.05, 0) is 32.0 Å². The lowest BCUT2D eigenvalue weighted by atomic mass is 10.1. The molecule has 15 heavy (non-hydrogen) atoms. The molecule has 3 nitrogen and oxygen atoms in total. The van der Waals surface area contributed by atoms with E-state index in [4.69, 9.17) is 9.84 Å². The van der Waals surface area contributed by atoms with E-state index in [-0.39, 0.29) is 18.1 Å². The van der Waals surface area contributed by atoms with Crippen LogP contribution < -0.4 is 4.74 Å². The minimum absolute atomic E-state index is 0.0202. The molecule has 82 valence electrons. The predicted molar refractivity (Wildman–Crippen MR) is 53.5 cm³/mol. The van der Waals surface area contributed by atoms with Crippen LogP contribution in [0.5, 0.6) is 5.75 Å². The quantitative estimate of drug-likeness (QED) is 0.832. The first-order valence-electron chi connectivity index (χ1n) is 4.66. The lowest BCUT2D eigenvalue weighted by Gasteiger charge is -2.10. The Kier molecular flexibility index (Phi) is 3.66. The maximum absolute atomic E-state index is 13.1. The average molecular weight is 212 g/mol. The summed E-state index contributed by atoms with van der Waals surface area (Å²) in [5.41, 5.74) is 0.139. The number of carboxylic acid groups (broad SMARTS) is 1. The topological polar surface area (TPSA) is 46.5 Å². The molecular formula is C11H13FO3. The van der Waals surface area contributed by atoms with E-state index in [2.05, 4.69) is 0 Å². The fourth-order valence-corrected chi connectivity index (χ4v) is 1.19. The second-order valence-electron chi connectivity index (χ2n) is 3.49. The van der Waals surface area contributed by atoms with Gasteiger partial charge in [0.25, 0.3) is 0 Å². The summed E-state index contributed by atoms with van der Waals surface area (Å²) in [7, 11) is 0. The molecule has 4 heteroatoms. The number of hydrogen-bond donors (Lipinski definition) is 1. The van der Waals surface area contributed by atoms with E-state index < -0.39 is 11.8 Å². The van der Waals surface area contributed by atoms with Crippen molar-refractivity contribution < 1.29 is 19.0 Å². The summed E-state index contributed by atoms with van der Waals surface area (Å²) in [5.74, 6) is -1.09.